The maximum Gasteiger partial charge on any atom is 0.356 e. The van der Waals surface area contributed by atoms with Crippen LogP contribution in [0.4, 0.5) is 5.82 Å². The van der Waals surface area contributed by atoms with Gasteiger partial charge in [-0.1, -0.05) is 0 Å². The Morgan fingerprint density at radius 1 is 1.41 bits per heavy atom. The first-order valence-corrected chi connectivity index (χ1v) is 5.09. The molecule has 2 N–H and O–H groups in total. The third kappa shape index (κ3) is 3.97. The van der Waals surface area contributed by atoms with Crippen molar-refractivity contribution in [2.75, 3.05) is 38.3 Å². The van der Waals surface area contributed by atoms with E-state index in [0.717, 1.165) is 0 Å². The van der Waals surface area contributed by atoms with Gasteiger partial charge in [-0.3, -0.25) is 0 Å². The van der Waals surface area contributed by atoms with Crippen LogP contribution in [0.5, 0.6) is 0 Å². The summed E-state index contributed by atoms with van der Waals surface area (Å²) in [6, 6.07) is 0. The number of carboxylic acids is 1. The molecular formula is C10H15N3O4. The number of methoxy groups -OCH3 is 1. The van der Waals surface area contributed by atoms with Crippen molar-refractivity contribution in [3.05, 3.63) is 18.1 Å². The van der Waals surface area contributed by atoms with Crippen LogP contribution in [-0.4, -0.2) is 59.6 Å². The Kier molecular flexibility index (Phi) is 5.31. The molecule has 94 valence electrons. The highest BCUT2D eigenvalue weighted by Crippen LogP contribution is 2.08. The molecule has 0 aliphatic heterocycles. The van der Waals surface area contributed by atoms with Gasteiger partial charge < -0.3 is 19.8 Å². The molecule has 7 heteroatoms. The van der Waals surface area contributed by atoms with Crippen LogP contribution in [0.15, 0.2) is 12.4 Å². The number of hydrogen-bond donors (Lipinski definition) is 2. The Hall–Kier alpha value is -1.73. The Bertz CT molecular complexity index is 355. The molecule has 0 radical (unpaired) electrons. The highest BCUT2D eigenvalue weighted by molar-refractivity contribution is 5.84. The smallest absolute Gasteiger partial charge is 0.356 e. The van der Waals surface area contributed by atoms with E-state index in [-0.39, 0.29) is 12.3 Å². The average molecular weight is 241 g/mol. The van der Waals surface area contributed by atoms with Crippen molar-refractivity contribution >= 4 is 11.8 Å². The largest absolute Gasteiger partial charge is 0.476 e. The summed E-state index contributed by atoms with van der Waals surface area (Å²) in [7, 11) is 1.58. The topological polar surface area (TPSA) is 95.8 Å². The van der Waals surface area contributed by atoms with Crippen molar-refractivity contribution in [2.24, 2.45) is 0 Å². The minimum Gasteiger partial charge on any atom is -0.476 e. The molecule has 0 bridgehead atoms. The molecule has 1 aromatic heterocycles. The van der Waals surface area contributed by atoms with Crippen LogP contribution in [0.2, 0.25) is 0 Å². The number of rotatable bonds is 7. The highest BCUT2D eigenvalue weighted by atomic mass is 16.5. The number of anilines is 1. The van der Waals surface area contributed by atoms with Gasteiger partial charge in [-0.05, 0) is 0 Å². The lowest BCUT2D eigenvalue weighted by Gasteiger charge is -2.21. The number of aliphatic hydroxyl groups excluding tert-OH is 1. The lowest BCUT2D eigenvalue weighted by Crippen LogP contribution is -2.31. The maximum absolute atomic E-state index is 10.6. The van der Waals surface area contributed by atoms with Crippen molar-refractivity contribution in [1.29, 1.82) is 0 Å². The molecule has 7 nitrogen and oxygen atoms in total. The number of hydrogen-bond acceptors (Lipinski definition) is 6. The number of aromatic nitrogens is 2. The van der Waals surface area contributed by atoms with Gasteiger partial charge in [-0.2, -0.15) is 0 Å². The van der Waals surface area contributed by atoms with E-state index in [9.17, 15) is 4.79 Å². The molecule has 0 spiro atoms. The van der Waals surface area contributed by atoms with E-state index >= 15 is 0 Å². The van der Waals surface area contributed by atoms with E-state index in [1.165, 1.54) is 12.4 Å². The summed E-state index contributed by atoms with van der Waals surface area (Å²) in [5.41, 5.74) is -0.107. The summed E-state index contributed by atoms with van der Waals surface area (Å²) in [6.07, 6.45) is 2.56. The normalized spacial score (nSPS) is 10.2. The van der Waals surface area contributed by atoms with E-state index in [4.69, 9.17) is 14.9 Å². The van der Waals surface area contributed by atoms with Crippen molar-refractivity contribution in [3.63, 3.8) is 0 Å². The third-order valence-corrected chi connectivity index (χ3v) is 2.12. The number of aromatic carboxylic acids is 1. The number of carboxylic acid groups (broad SMARTS) is 1. The Labute approximate surface area is 98.7 Å². The molecule has 0 amide bonds. The SMILES string of the molecule is COCCN(CCO)c1cnc(C(=O)O)cn1. The molecular weight excluding hydrogens is 226 g/mol. The Morgan fingerprint density at radius 3 is 2.65 bits per heavy atom. The number of ether oxygens (including phenoxy) is 1. The highest BCUT2D eigenvalue weighted by Gasteiger charge is 2.10. The number of nitrogens with zero attached hydrogens (tertiary/aromatic N) is 3. The van der Waals surface area contributed by atoms with Gasteiger partial charge in [0.05, 0.1) is 25.6 Å². The molecule has 0 fully saturated rings. The minimum atomic E-state index is -1.12. The van der Waals surface area contributed by atoms with Crippen molar-refractivity contribution in [2.45, 2.75) is 0 Å². The summed E-state index contributed by atoms with van der Waals surface area (Å²) in [4.78, 5) is 20.1. The summed E-state index contributed by atoms with van der Waals surface area (Å²) >= 11 is 0. The molecule has 0 unspecified atom stereocenters. The second kappa shape index (κ2) is 6.77. The first-order valence-electron chi connectivity index (χ1n) is 5.09. The maximum atomic E-state index is 10.6. The zero-order valence-electron chi connectivity index (χ0n) is 9.54. The molecule has 0 aromatic carbocycles. The van der Waals surface area contributed by atoms with Gasteiger partial charge in [-0.25, -0.2) is 14.8 Å². The summed E-state index contributed by atoms with van der Waals surface area (Å²) in [5.74, 6) is -0.601. The van der Waals surface area contributed by atoms with Gasteiger partial charge in [0.15, 0.2) is 5.69 Å². The summed E-state index contributed by atoms with van der Waals surface area (Å²) < 4.78 is 4.94. The minimum absolute atomic E-state index is 0.0217. The van der Waals surface area contributed by atoms with Gasteiger partial charge in [0, 0.05) is 20.2 Å². The zero-order valence-corrected chi connectivity index (χ0v) is 9.54. The van der Waals surface area contributed by atoms with Crippen LogP contribution in [0.25, 0.3) is 0 Å². The van der Waals surface area contributed by atoms with Crippen molar-refractivity contribution in [3.8, 4) is 0 Å². The third-order valence-electron chi connectivity index (χ3n) is 2.12. The van der Waals surface area contributed by atoms with Crippen LogP contribution in [0, 0.1) is 0 Å². The Morgan fingerprint density at radius 2 is 2.18 bits per heavy atom. The average Bonchev–Trinajstić information content (AvgIpc) is 2.34. The second-order valence-electron chi connectivity index (χ2n) is 3.27. The lowest BCUT2D eigenvalue weighted by atomic mass is 10.4. The fourth-order valence-corrected chi connectivity index (χ4v) is 1.26. The van der Waals surface area contributed by atoms with E-state index in [0.29, 0.717) is 25.5 Å². The fourth-order valence-electron chi connectivity index (χ4n) is 1.26. The molecule has 0 aliphatic rings. The molecule has 0 aliphatic carbocycles. The van der Waals surface area contributed by atoms with Crippen LogP contribution < -0.4 is 4.90 Å². The lowest BCUT2D eigenvalue weighted by molar-refractivity contribution is 0.0690. The number of aliphatic hydroxyl groups is 1. The predicted octanol–water partition coefficient (Wildman–Crippen LogP) is -0.380. The molecule has 17 heavy (non-hydrogen) atoms. The van der Waals surface area contributed by atoms with E-state index < -0.39 is 5.97 Å². The van der Waals surface area contributed by atoms with E-state index in [1.807, 2.05) is 0 Å². The van der Waals surface area contributed by atoms with Crippen LogP contribution in [0.3, 0.4) is 0 Å². The first-order chi connectivity index (χ1) is 8.19. The van der Waals surface area contributed by atoms with Gasteiger partial charge in [0.2, 0.25) is 0 Å². The van der Waals surface area contributed by atoms with Crippen molar-refractivity contribution in [1.82, 2.24) is 9.97 Å². The van der Waals surface area contributed by atoms with Crippen LogP contribution >= 0.6 is 0 Å². The molecule has 1 aromatic rings. The van der Waals surface area contributed by atoms with Gasteiger partial charge in [0.25, 0.3) is 0 Å². The van der Waals surface area contributed by atoms with Crippen molar-refractivity contribution < 1.29 is 19.7 Å². The number of carbonyl (C=O) groups is 1. The predicted molar refractivity (Wildman–Crippen MR) is 60.2 cm³/mol. The standard InChI is InChI=1S/C10H15N3O4/c1-17-5-3-13(2-4-14)9-7-11-8(6-12-9)10(15)16/h6-7,14H,2-5H2,1H3,(H,15,16). The van der Waals surface area contributed by atoms with Gasteiger partial charge in [0.1, 0.15) is 5.82 Å². The summed E-state index contributed by atoms with van der Waals surface area (Å²) in [6.45, 7) is 1.41. The van der Waals surface area contributed by atoms with E-state index in [1.54, 1.807) is 12.0 Å². The first kappa shape index (κ1) is 13.3. The molecule has 0 saturated heterocycles. The van der Waals surface area contributed by atoms with E-state index in [2.05, 4.69) is 9.97 Å². The monoisotopic (exact) mass is 241 g/mol. The summed E-state index contributed by atoms with van der Waals surface area (Å²) in [5, 5.41) is 17.6. The molecule has 1 rings (SSSR count). The van der Waals surface area contributed by atoms with Gasteiger partial charge >= 0.3 is 5.97 Å². The molecule has 0 saturated carbocycles. The Balaban J connectivity index is 2.75. The molecule has 1 heterocycles. The van der Waals surface area contributed by atoms with Crippen LogP contribution in [0.1, 0.15) is 10.5 Å². The second-order valence-corrected chi connectivity index (χ2v) is 3.27. The van der Waals surface area contributed by atoms with Gasteiger partial charge in [-0.15, -0.1) is 0 Å². The fraction of sp³-hybridized carbons (Fsp3) is 0.500. The zero-order chi connectivity index (χ0) is 12.7. The quantitative estimate of drug-likeness (QED) is 0.671. The van der Waals surface area contributed by atoms with Crippen LogP contribution in [-0.2, 0) is 4.74 Å². The molecule has 0 atom stereocenters.